The monoisotopic (exact) mass is 324 g/mol. The highest BCUT2D eigenvalue weighted by atomic mass is 16.5. The van der Waals surface area contributed by atoms with Gasteiger partial charge < -0.3 is 9.84 Å². The third-order valence-corrected chi connectivity index (χ3v) is 3.42. The van der Waals surface area contributed by atoms with Gasteiger partial charge in [-0.25, -0.2) is 0 Å². The van der Waals surface area contributed by atoms with Crippen molar-refractivity contribution in [1.82, 2.24) is 0 Å². The number of allylic oxidation sites excluding steroid dienone is 1. The number of ether oxygens (including phenoxy) is 1. The fourth-order valence-corrected chi connectivity index (χ4v) is 2.12. The quantitative estimate of drug-likeness (QED) is 0.426. The maximum atomic E-state index is 12.1. The van der Waals surface area contributed by atoms with Crippen molar-refractivity contribution < 1.29 is 19.4 Å². The molecule has 0 saturated carbocycles. The molecule has 0 unspecified atom stereocenters. The van der Waals surface area contributed by atoms with E-state index in [1.165, 1.54) is 0 Å². The minimum Gasteiger partial charge on any atom is -0.494 e. The van der Waals surface area contributed by atoms with Crippen molar-refractivity contribution >= 4 is 17.8 Å². The minimum atomic E-state index is -0.790. The van der Waals surface area contributed by atoms with Crippen LogP contribution in [0, 0.1) is 0 Å². The molecule has 0 amide bonds. The minimum absolute atomic E-state index is 0.0631. The fourth-order valence-electron chi connectivity index (χ4n) is 2.12. The zero-order valence-electron chi connectivity index (χ0n) is 13.4. The first-order valence-corrected chi connectivity index (χ1v) is 7.87. The number of hydrogen-bond donors (Lipinski definition) is 1. The van der Waals surface area contributed by atoms with Gasteiger partial charge in [0, 0.05) is 12.0 Å². The normalized spacial score (nSPS) is 10.7. The van der Waals surface area contributed by atoms with Gasteiger partial charge in [0.25, 0.3) is 0 Å². The molecule has 0 aliphatic heterocycles. The lowest BCUT2D eigenvalue weighted by atomic mass is 10.1. The zero-order chi connectivity index (χ0) is 17.2. The Bertz CT molecular complexity index is 687. The first-order chi connectivity index (χ1) is 11.6. The number of benzene rings is 2. The SMILES string of the molecule is O=C(O)CCCCOc1ccc(C(=O)/C=C/c2ccccc2)cc1. The van der Waals surface area contributed by atoms with Gasteiger partial charge >= 0.3 is 5.97 Å². The third-order valence-electron chi connectivity index (χ3n) is 3.42. The van der Waals surface area contributed by atoms with Crippen LogP contribution in [0.3, 0.4) is 0 Å². The summed E-state index contributed by atoms with van der Waals surface area (Å²) < 4.78 is 5.53. The van der Waals surface area contributed by atoms with Gasteiger partial charge in [0.2, 0.25) is 0 Å². The first kappa shape index (κ1) is 17.5. The summed E-state index contributed by atoms with van der Waals surface area (Å²) in [6, 6.07) is 16.6. The molecule has 0 aliphatic rings. The molecule has 4 nitrogen and oxygen atoms in total. The van der Waals surface area contributed by atoms with Crippen LogP contribution in [-0.4, -0.2) is 23.5 Å². The van der Waals surface area contributed by atoms with Crippen LogP contribution in [0.5, 0.6) is 5.75 Å². The highest BCUT2D eigenvalue weighted by Crippen LogP contribution is 2.14. The fraction of sp³-hybridized carbons (Fsp3) is 0.200. The second-order valence-corrected chi connectivity index (χ2v) is 5.33. The molecule has 0 aromatic heterocycles. The van der Waals surface area contributed by atoms with Gasteiger partial charge in [-0.15, -0.1) is 0 Å². The lowest BCUT2D eigenvalue weighted by Gasteiger charge is -2.06. The first-order valence-electron chi connectivity index (χ1n) is 7.87. The van der Waals surface area contributed by atoms with E-state index in [0.29, 0.717) is 30.8 Å². The topological polar surface area (TPSA) is 63.6 Å². The Morgan fingerprint density at radius 3 is 2.33 bits per heavy atom. The van der Waals surface area contributed by atoms with Crippen molar-refractivity contribution in [3.63, 3.8) is 0 Å². The predicted molar refractivity (Wildman–Crippen MR) is 93.2 cm³/mol. The van der Waals surface area contributed by atoms with Gasteiger partial charge in [-0.05, 0) is 48.7 Å². The second kappa shape index (κ2) is 9.30. The molecule has 0 atom stereocenters. The third kappa shape index (κ3) is 6.08. The van der Waals surface area contributed by atoms with Crippen molar-refractivity contribution in [2.24, 2.45) is 0 Å². The van der Waals surface area contributed by atoms with E-state index in [1.54, 1.807) is 36.4 Å². The molecule has 4 heteroatoms. The van der Waals surface area contributed by atoms with Crippen LogP contribution in [0.2, 0.25) is 0 Å². The summed E-state index contributed by atoms with van der Waals surface area (Å²) in [6.07, 6.45) is 4.78. The van der Waals surface area contributed by atoms with E-state index in [0.717, 1.165) is 5.56 Å². The lowest BCUT2D eigenvalue weighted by molar-refractivity contribution is -0.137. The van der Waals surface area contributed by atoms with E-state index in [9.17, 15) is 9.59 Å². The molecule has 0 radical (unpaired) electrons. The van der Waals surface area contributed by atoms with Crippen LogP contribution < -0.4 is 4.74 Å². The van der Waals surface area contributed by atoms with Gasteiger partial charge in [-0.2, -0.15) is 0 Å². The summed E-state index contributed by atoms with van der Waals surface area (Å²) in [5, 5.41) is 8.55. The van der Waals surface area contributed by atoms with E-state index in [1.807, 2.05) is 30.3 Å². The Labute approximate surface area is 141 Å². The average Bonchev–Trinajstić information content (AvgIpc) is 2.60. The van der Waals surface area contributed by atoms with Crippen LogP contribution in [-0.2, 0) is 4.79 Å². The maximum Gasteiger partial charge on any atom is 0.303 e. The zero-order valence-corrected chi connectivity index (χ0v) is 13.4. The highest BCUT2D eigenvalue weighted by molar-refractivity contribution is 6.06. The highest BCUT2D eigenvalue weighted by Gasteiger charge is 2.03. The second-order valence-electron chi connectivity index (χ2n) is 5.33. The molecule has 124 valence electrons. The number of hydrogen-bond acceptors (Lipinski definition) is 3. The Balaban J connectivity index is 1.81. The molecular weight excluding hydrogens is 304 g/mol. The molecule has 0 spiro atoms. The molecular formula is C20H20O4. The number of unbranched alkanes of at least 4 members (excludes halogenated alkanes) is 1. The lowest BCUT2D eigenvalue weighted by Crippen LogP contribution is -2.01. The smallest absolute Gasteiger partial charge is 0.303 e. The van der Waals surface area contributed by atoms with Crippen molar-refractivity contribution in [3.8, 4) is 5.75 Å². The largest absolute Gasteiger partial charge is 0.494 e. The molecule has 2 rings (SSSR count). The van der Waals surface area contributed by atoms with E-state index in [4.69, 9.17) is 9.84 Å². The van der Waals surface area contributed by atoms with E-state index in [-0.39, 0.29) is 12.2 Å². The van der Waals surface area contributed by atoms with Gasteiger partial charge in [-0.1, -0.05) is 36.4 Å². The molecule has 2 aromatic carbocycles. The van der Waals surface area contributed by atoms with Crippen LogP contribution >= 0.6 is 0 Å². The number of carbonyl (C=O) groups excluding carboxylic acids is 1. The number of ketones is 1. The summed E-state index contributed by atoms with van der Waals surface area (Å²) in [6.45, 7) is 0.467. The van der Waals surface area contributed by atoms with Crippen LogP contribution in [0.15, 0.2) is 60.7 Å². The molecule has 0 fully saturated rings. The average molecular weight is 324 g/mol. The molecule has 1 N–H and O–H groups in total. The summed E-state index contributed by atoms with van der Waals surface area (Å²) in [5.41, 5.74) is 1.58. The van der Waals surface area contributed by atoms with Crippen LogP contribution in [0.4, 0.5) is 0 Å². The Kier molecular flexibility index (Phi) is 6.77. The molecule has 0 bridgehead atoms. The molecule has 0 aliphatic carbocycles. The van der Waals surface area contributed by atoms with E-state index < -0.39 is 5.97 Å². The van der Waals surface area contributed by atoms with Crippen LogP contribution in [0.25, 0.3) is 6.08 Å². The van der Waals surface area contributed by atoms with Crippen molar-refractivity contribution in [2.45, 2.75) is 19.3 Å². The summed E-state index contributed by atoms with van der Waals surface area (Å²) in [4.78, 5) is 22.5. The summed E-state index contributed by atoms with van der Waals surface area (Å²) in [5.74, 6) is -0.179. The molecule has 2 aromatic rings. The number of carboxylic acid groups (broad SMARTS) is 1. The van der Waals surface area contributed by atoms with Gasteiger partial charge in [0.1, 0.15) is 5.75 Å². The molecule has 0 saturated heterocycles. The van der Waals surface area contributed by atoms with Crippen molar-refractivity contribution in [2.75, 3.05) is 6.61 Å². The van der Waals surface area contributed by atoms with Gasteiger partial charge in [0.05, 0.1) is 6.61 Å². The van der Waals surface area contributed by atoms with Gasteiger partial charge in [0.15, 0.2) is 5.78 Å². The Morgan fingerprint density at radius 2 is 1.67 bits per heavy atom. The number of aliphatic carboxylic acids is 1. The maximum absolute atomic E-state index is 12.1. The van der Waals surface area contributed by atoms with Crippen molar-refractivity contribution in [1.29, 1.82) is 0 Å². The van der Waals surface area contributed by atoms with Crippen LogP contribution in [0.1, 0.15) is 35.2 Å². The number of carboxylic acids is 1. The van der Waals surface area contributed by atoms with E-state index in [2.05, 4.69) is 0 Å². The molecule has 24 heavy (non-hydrogen) atoms. The number of rotatable bonds is 9. The van der Waals surface area contributed by atoms with Crippen molar-refractivity contribution in [3.05, 3.63) is 71.8 Å². The van der Waals surface area contributed by atoms with Gasteiger partial charge in [-0.3, -0.25) is 9.59 Å². The van der Waals surface area contributed by atoms with E-state index >= 15 is 0 Å². The summed E-state index contributed by atoms with van der Waals surface area (Å²) >= 11 is 0. The Hall–Kier alpha value is -2.88. The number of carbonyl (C=O) groups is 2. The summed E-state index contributed by atoms with van der Waals surface area (Å²) in [7, 11) is 0. The standard InChI is InChI=1S/C20H20O4/c21-19(14-9-16-6-2-1-3-7-16)17-10-12-18(13-11-17)24-15-5-4-8-20(22)23/h1-3,6-7,9-14H,4-5,8,15H2,(H,22,23)/b14-9+. The predicted octanol–water partition coefficient (Wildman–Crippen LogP) is 4.22. The Morgan fingerprint density at radius 1 is 0.958 bits per heavy atom. The molecule has 0 heterocycles.